The summed E-state index contributed by atoms with van der Waals surface area (Å²) < 4.78 is 38.9. The van der Waals surface area contributed by atoms with Crippen molar-refractivity contribution in [3.05, 3.63) is 33.7 Å². The summed E-state index contributed by atoms with van der Waals surface area (Å²) >= 11 is 0. The van der Waals surface area contributed by atoms with Gasteiger partial charge in [0, 0.05) is 20.1 Å². The van der Waals surface area contributed by atoms with Gasteiger partial charge in [-0.2, -0.15) is 0 Å². The fraction of sp³-hybridized carbons (Fsp3) is 0.450. The van der Waals surface area contributed by atoms with Crippen LogP contribution in [0.5, 0.6) is 23.0 Å². The van der Waals surface area contributed by atoms with Gasteiger partial charge in [-0.3, -0.25) is 23.3 Å². The Morgan fingerprint density at radius 2 is 1.79 bits per heavy atom. The van der Waals surface area contributed by atoms with Crippen LogP contribution in [0.1, 0.15) is 28.9 Å². The van der Waals surface area contributed by atoms with Crippen LogP contribution in [0.25, 0.3) is 0 Å². The van der Waals surface area contributed by atoms with Crippen LogP contribution in [-0.4, -0.2) is 63.3 Å². The molecule has 33 heavy (non-hydrogen) atoms. The molecule has 2 heterocycles. The minimum absolute atomic E-state index is 0.000112. The Bertz CT molecular complexity index is 1080. The maximum atomic E-state index is 12.8. The van der Waals surface area contributed by atoms with E-state index in [1.165, 1.54) is 32.7 Å². The molecule has 1 aromatic carbocycles. The highest BCUT2D eigenvalue weighted by Gasteiger charge is 2.32. The van der Waals surface area contributed by atoms with Crippen LogP contribution in [-0.2, 0) is 13.6 Å². The molecule has 1 amide bonds. The van der Waals surface area contributed by atoms with Crippen molar-refractivity contribution in [2.24, 2.45) is 7.05 Å². The van der Waals surface area contributed by atoms with Gasteiger partial charge < -0.3 is 24.6 Å². The monoisotopic (exact) mass is 484 g/mol. The first-order valence-corrected chi connectivity index (χ1v) is 11.7. The third kappa shape index (κ3) is 4.79. The lowest BCUT2D eigenvalue weighted by molar-refractivity contribution is 0.0942. The lowest BCUT2D eigenvalue weighted by Gasteiger charge is -2.46. The van der Waals surface area contributed by atoms with E-state index in [9.17, 15) is 23.8 Å². The molecule has 0 bridgehead atoms. The molecule has 2 aromatic rings. The van der Waals surface area contributed by atoms with Gasteiger partial charge in [0.05, 0.1) is 27.1 Å². The summed E-state index contributed by atoms with van der Waals surface area (Å²) in [7, 11) is 2.55. The SMILES string of the molecule is COc1cc(CNC(=O)c2nc(N3CCCCS3(O)O)n(C)c(=O)c2O)cc(OC)c1OC. The predicted octanol–water partition coefficient (Wildman–Crippen LogP) is 1.71. The van der Waals surface area contributed by atoms with Crippen LogP contribution < -0.4 is 29.4 Å². The first kappa shape index (κ1) is 24.5. The number of amides is 1. The Hall–Kier alpha value is -3.16. The molecule has 0 saturated carbocycles. The lowest BCUT2D eigenvalue weighted by Crippen LogP contribution is -2.39. The van der Waals surface area contributed by atoms with Gasteiger partial charge in [-0.05, 0) is 30.5 Å². The van der Waals surface area contributed by atoms with Gasteiger partial charge in [-0.25, -0.2) is 9.29 Å². The van der Waals surface area contributed by atoms with Crippen LogP contribution in [0.15, 0.2) is 16.9 Å². The normalized spacial score (nSPS) is 16.1. The summed E-state index contributed by atoms with van der Waals surface area (Å²) in [6.07, 6.45) is 1.28. The number of ether oxygens (including phenoxy) is 3. The number of methoxy groups -OCH3 is 3. The molecule has 0 unspecified atom stereocenters. The second-order valence-corrected chi connectivity index (χ2v) is 9.45. The van der Waals surface area contributed by atoms with Crippen LogP contribution in [0.3, 0.4) is 0 Å². The first-order chi connectivity index (χ1) is 15.6. The number of hydrogen-bond acceptors (Lipinski definition) is 10. The number of carbonyl (C=O) groups is 1. The van der Waals surface area contributed by atoms with E-state index in [0.717, 1.165) is 4.57 Å². The van der Waals surface area contributed by atoms with Gasteiger partial charge in [0.2, 0.25) is 17.4 Å². The Balaban J connectivity index is 1.91. The van der Waals surface area contributed by atoms with E-state index >= 15 is 0 Å². The van der Waals surface area contributed by atoms with Gasteiger partial charge >= 0.3 is 0 Å². The van der Waals surface area contributed by atoms with E-state index in [-0.39, 0.29) is 24.8 Å². The van der Waals surface area contributed by atoms with Crippen molar-refractivity contribution < 1.29 is 33.2 Å². The molecule has 4 N–H and O–H groups in total. The van der Waals surface area contributed by atoms with Gasteiger partial charge in [0.25, 0.3) is 11.5 Å². The standard InChI is InChI=1S/C20H28N4O8S/c1-23-19(27)16(25)15(22-20(23)24-7-5-6-8-33(24,28)29)18(26)21-11-12-9-13(30-2)17(32-4)14(10-12)31-3/h9-10,25,28-29H,5-8,11H2,1-4H3,(H,21,26). The van der Waals surface area contributed by atoms with Crippen molar-refractivity contribution >= 4 is 22.6 Å². The number of carbonyl (C=O) groups excluding carboxylic acids is 1. The topological polar surface area (TPSA) is 156 Å². The summed E-state index contributed by atoms with van der Waals surface area (Å²) in [5.74, 6) is -0.430. The molecule has 12 nitrogen and oxygen atoms in total. The van der Waals surface area contributed by atoms with Crippen LogP contribution in [0.2, 0.25) is 0 Å². The number of nitrogens with zero attached hydrogens (tertiary/aromatic N) is 3. The summed E-state index contributed by atoms with van der Waals surface area (Å²) in [4.78, 5) is 29.5. The van der Waals surface area contributed by atoms with Gasteiger partial charge in [-0.1, -0.05) is 0 Å². The molecule has 1 aromatic heterocycles. The summed E-state index contributed by atoms with van der Waals surface area (Å²) in [6.45, 7) is 0.250. The Morgan fingerprint density at radius 3 is 2.33 bits per heavy atom. The maximum absolute atomic E-state index is 12.8. The van der Waals surface area contributed by atoms with Crippen molar-refractivity contribution in [3.63, 3.8) is 0 Å². The molecule has 0 atom stereocenters. The molecular weight excluding hydrogens is 456 g/mol. The average molecular weight is 485 g/mol. The molecule has 0 aliphatic carbocycles. The number of benzene rings is 1. The molecule has 1 aliphatic heterocycles. The number of aromatic hydroxyl groups is 1. The minimum Gasteiger partial charge on any atom is -0.501 e. The summed E-state index contributed by atoms with van der Waals surface area (Å²) in [5, 5.41) is 12.9. The van der Waals surface area contributed by atoms with Crippen molar-refractivity contribution in [2.45, 2.75) is 19.4 Å². The highest BCUT2D eigenvalue weighted by molar-refractivity contribution is 8.25. The lowest BCUT2D eigenvalue weighted by atomic mass is 10.1. The fourth-order valence-electron chi connectivity index (χ4n) is 3.50. The zero-order valence-electron chi connectivity index (χ0n) is 18.8. The van der Waals surface area contributed by atoms with Gasteiger partial charge in [0.15, 0.2) is 17.2 Å². The van der Waals surface area contributed by atoms with Crippen molar-refractivity contribution in [3.8, 4) is 23.0 Å². The van der Waals surface area contributed by atoms with Crippen molar-refractivity contribution in [1.29, 1.82) is 0 Å². The highest BCUT2D eigenvalue weighted by Crippen LogP contribution is 2.48. The van der Waals surface area contributed by atoms with Crippen molar-refractivity contribution in [1.82, 2.24) is 14.9 Å². The molecule has 182 valence electrons. The first-order valence-electron chi connectivity index (χ1n) is 10.0. The minimum atomic E-state index is -3.19. The third-order valence-corrected chi connectivity index (χ3v) is 7.13. The average Bonchev–Trinajstić information content (AvgIpc) is 2.80. The third-order valence-electron chi connectivity index (χ3n) is 5.24. The van der Waals surface area contributed by atoms with E-state index in [0.29, 0.717) is 35.7 Å². The fourth-order valence-corrected chi connectivity index (χ4v) is 5.16. The smallest absolute Gasteiger partial charge is 0.297 e. The molecule has 1 aliphatic rings. The zero-order valence-corrected chi connectivity index (χ0v) is 19.6. The molecule has 13 heteroatoms. The Labute approximate surface area is 192 Å². The summed E-state index contributed by atoms with van der Waals surface area (Å²) in [5.41, 5.74) is -0.786. The number of rotatable bonds is 7. The van der Waals surface area contributed by atoms with Crippen LogP contribution >= 0.6 is 10.8 Å². The number of hydrogen-bond donors (Lipinski definition) is 4. The quantitative estimate of drug-likeness (QED) is 0.456. The van der Waals surface area contributed by atoms with E-state index in [1.807, 2.05) is 0 Å². The molecule has 3 rings (SSSR count). The highest BCUT2D eigenvalue weighted by atomic mass is 32.3. The molecule has 1 saturated heterocycles. The number of anilines is 1. The number of nitrogens with one attached hydrogen (secondary N) is 1. The Morgan fingerprint density at radius 1 is 1.15 bits per heavy atom. The zero-order chi connectivity index (χ0) is 24.3. The van der Waals surface area contributed by atoms with Crippen molar-refractivity contribution in [2.75, 3.05) is 37.9 Å². The van der Waals surface area contributed by atoms with E-state index in [1.54, 1.807) is 12.1 Å². The predicted molar refractivity (Wildman–Crippen MR) is 123 cm³/mol. The van der Waals surface area contributed by atoms with Gasteiger partial charge in [0.1, 0.15) is 0 Å². The number of aromatic nitrogens is 2. The van der Waals surface area contributed by atoms with Gasteiger partial charge in [-0.15, -0.1) is 10.8 Å². The van der Waals surface area contributed by atoms with Crippen LogP contribution in [0, 0.1) is 0 Å². The molecule has 0 radical (unpaired) electrons. The molecular formula is C20H28N4O8S. The molecule has 0 spiro atoms. The van der Waals surface area contributed by atoms with E-state index in [4.69, 9.17) is 14.2 Å². The van der Waals surface area contributed by atoms with E-state index < -0.39 is 33.7 Å². The largest absolute Gasteiger partial charge is 0.501 e. The maximum Gasteiger partial charge on any atom is 0.297 e. The second-order valence-electron chi connectivity index (χ2n) is 7.34. The Kier molecular flexibility index (Phi) is 7.25. The second kappa shape index (κ2) is 9.77. The summed E-state index contributed by atoms with van der Waals surface area (Å²) in [6, 6.07) is 3.29. The molecule has 1 fully saturated rings. The van der Waals surface area contributed by atoms with Crippen LogP contribution in [0.4, 0.5) is 5.95 Å². The van der Waals surface area contributed by atoms with E-state index in [2.05, 4.69) is 10.3 Å².